The number of aliphatic hydroxyl groups is 2. The maximum absolute atomic E-state index is 13.4. The minimum absolute atomic E-state index is 0.103. The van der Waals surface area contributed by atoms with Crippen molar-refractivity contribution in [3.05, 3.63) is 42.1 Å². The van der Waals surface area contributed by atoms with Gasteiger partial charge in [0.15, 0.2) is 0 Å². The summed E-state index contributed by atoms with van der Waals surface area (Å²) in [5, 5.41) is 18.6. The van der Waals surface area contributed by atoms with Crippen molar-refractivity contribution < 1.29 is 14.6 Å². The molecule has 0 aromatic heterocycles. The maximum atomic E-state index is 13.4. The molecule has 0 saturated carbocycles. The van der Waals surface area contributed by atoms with E-state index in [4.69, 9.17) is 16.7 Å². The first kappa shape index (κ1) is 12.4. The lowest BCUT2D eigenvalue weighted by atomic mass is 9.98. The zero-order valence-corrected chi connectivity index (χ0v) is 8.91. The van der Waals surface area contributed by atoms with E-state index in [1.807, 2.05) is 0 Å². The van der Waals surface area contributed by atoms with Crippen molar-refractivity contribution in [1.29, 1.82) is 0 Å². The van der Waals surface area contributed by atoms with Crippen LogP contribution in [0.25, 0.3) is 0 Å². The quantitative estimate of drug-likeness (QED) is 0.780. The maximum Gasteiger partial charge on any atom is 0.132 e. The van der Waals surface area contributed by atoms with Crippen LogP contribution >= 0.6 is 11.6 Å². The van der Waals surface area contributed by atoms with Crippen molar-refractivity contribution in [2.45, 2.75) is 24.5 Å². The van der Waals surface area contributed by atoms with E-state index >= 15 is 0 Å². The summed E-state index contributed by atoms with van der Waals surface area (Å²) in [7, 11) is 0. The SMILES string of the molecule is [CH2]CC(O)c1c(F)cccc1C[C@@H](O)Cl. The summed E-state index contributed by atoms with van der Waals surface area (Å²) in [5.74, 6) is -0.499. The first-order valence-electron chi connectivity index (χ1n) is 4.63. The van der Waals surface area contributed by atoms with Gasteiger partial charge in [-0.05, 0) is 18.1 Å². The Morgan fingerprint density at radius 1 is 1.40 bits per heavy atom. The number of aliphatic hydroxyl groups excluding tert-OH is 2. The smallest absolute Gasteiger partial charge is 0.132 e. The van der Waals surface area contributed by atoms with E-state index in [-0.39, 0.29) is 18.4 Å². The van der Waals surface area contributed by atoms with E-state index < -0.39 is 17.5 Å². The molecule has 2 nitrogen and oxygen atoms in total. The summed E-state index contributed by atoms with van der Waals surface area (Å²) in [6.45, 7) is 3.51. The summed E-state index contributed by atoms with van der Waals surface area (Å²) in [6, 6.07) is 4.41. The molecule has 0 bridgehead atoms. The van der Waals surface area contributed by atoms with Gasteiger partial charge in [0.2, 0.25) is 0 Å². The van der Waals surface area contributed by atoms with Crippen LogP contribution in [0.4, 0.5) is 4.39 Å². The fraction of sp³-hybridized carbons (Fsp3) is 0.364. The predicted molar refractivity (Wildman–Crippen MR) is 56.9 cm³/mol. The molecular weight excluding hydrogens is 219 g/mol. The summed E-state index contributed by atoms with van der Waals surface area (Å²) in [6.07, 6.45) is -0.686. The van der Waals surface area contributed by atoms with Crippen LogP contribution in [0.5, 0.6) is 0 Å². The van der Waals surface area contributed by atoms with Crippen LogP contribution in [0.2, 0.25) is 0 Å². The minimum Gasteiger partial charge on any atom is -0.388 e. The van der Waals surface area contributed by atoms with E-state index in [1.54, 1.807) is 6.07 Å². The number of benzene rings is 1. The minimum atomic E-state index is -1.08. The second-order valence-electron chi connectivity index (χ2n) is 3.26. The van der Waals surface area contributed by atoms with Gasteiger partial charge in [-0.15, -0.1) is 0 Å². The Labute approximate surface area is 93.3 Å². The number of hydrogen-bond donors (Lipinski definition) is 2. The lowest BCUT2D eigenvalue weighted by Crippen LogP contribution is -2.09. The second-order valence-corrected chi connectivity index (χ2v) is 3.76. The predicted octanol–water partition coefficient (Wildman–Crippen LogP) is 2.18. The van der Waals surface area contributed by atoms with Gasteiger partial charge < -0.3 is 10.2 Å². The Bertz CT molecular complexity index is 328. The fourth-order valence-electron chi connectivity index (χ4n) is 1.46. The highest BCUT2D eigenvalue weighted by molar-refractivity contribution is 6.19. The van der Waals surface area contributed by atoms with Crippen molar-refractivity contribution in [3.63, 3.8) is 0 Å². The fourth-order valence-corrected chi connectivity index (χ4v) is 1.62. The molecule has 83 valence electrons. The molecule has 4 heteroatoms. The number of alkyl halides is 1. The molecule has 2 atom stereocenters. The van der Waals surface area contributed by atoms with Crippen LogP contribution in [-0.4, -0.2) is 15.8 Å². The lowest BCUT2D eigenvalue weighted by molar-refractivity contribution is 0.173. The van der Waals surface area contributed by atoms with Crippen LogP contribution in [0.1, 0.15) is 23.7 Å². The van der Waals surface area contributed by atoms with Crippen LogP contribution in [-0.2, 0) is 6.42 Å². The third kappa shape index (κ3) is 3.16. The standard InChI is InChI=1S/C11H13ClFO2/c1-2-9(14)11-7(6-10(12)15)4-3-5-8(11)13/h3-5,9-10,14-15H,1-2,6H2/t9?,10-/m1/s1. The van der Waals surface area contributed by atoms with E-state index in [1.165, 1.54) is 12.1 Å². The molecule has 1 aromatic carbocycles. The Balaban J connectivity index is 3.08. The molecule has 0 saturated heterocycles. The van der Waals surface area contributed by atoms with E-state index in [9.17, 15) is 9.50 Å². The Kier molecular flexibility index (Phi) is 4.51. The zero-order chi connectivity index (χ0) is 11.4. The molecule has 0 amide bonds. The summed E-state index contributed by atoms with van der Waals surface area (Å²) in [4.78, 5) is 0. The van der Waals surface area contributed by atoms with Gasteiger partial charge in [0.1, 0.15) is 11.4 Å². The van der Waals surface area contributed by atoms with E-state index in [0.29, 0.717) is 5.56 Å². The molecule has 15 heavy (non-hydrogen) atoms. The lowest BCUT2D eigenvalue weighted by Gasteiger charge is -2.15. The number of hydrogen-bond acceptors (Lipinski definition) is 2. The van der Waals surface area contributed by atoms with Gasteiger partial charge in [0.05, 0.1) is 6.10 Å². The second kappa shape index (κ2) is 5.45. The van der Waals surface area contributed by atoms with Crippen molar-refractivity contribution in [3.8, 4) is 0 Å². The number of rotatable bonds is 4. The highest BCUT2D eigenvalue weighted by Gasteiger charge is 2.16. The molecule has 1 aromatic rings. The molecule has 1 rings (SSSR count). The third-order valence-corrected chi connectivity index (χ3v) is 2.29. The molecular formula is C11H13ClFO2. The molecule has 1 radical (unpaired) electrons. The van der Waals surface area contributed by atoms with Gasteiger partial charge in [-0.1, -0.05) is 30.7 Å². The van der Waals surface area contributed by atoms with Crippen LogP contribution < -0.4 is 0 Å². The van der Waals surface area contributed by atoms with Crippen molar-refractivity contribution >= 4 is 11.6 Å². The third-order valence-electron chi connectivity index (χ3n) is 2.14. The zero-order valence-electron chi connectivity index (χ0n) is 8.16. The van der Waals surface area contributed by atoms with Gasteiger partial charge in [-0.25, -0.2) is 4.39 Å². The number of halogens is 2. The van der Waals surface area contributed by atoms with Gasteiger partial charge in [0.25, 0.3) is 0 Å². The monoisotopic (exact) mass is 231 g/mol. The Morgan fingerprint density at radius 3 is 2.60 bits per heavy atom. The van der Waals surface area contributed by atoms with Gasteiger partial charge in [-0.2, -0.15) is 0 Å². The highest BCUT2D eigenvalue weighted by atomic mass is 35.5. The molecule has 0 aliphatic rings. The average molecular weight is 232 g/mol. The molecule has 0 fully saturated rings. The van der Waals surface area contributed by atoms with Crippen LogP contribution in [0, 0.1) is 12.7 Å². The van der Waals surface area contributed by atoms with Gasteiger partial charge >= 0.3 is 0 Å². The van der Waals surface area contributed by atoms with Crippen molar-refractivity contribution in [2.24, 2.45) is 0 Å². The molecule has 2 N–H and O–H groups in total. The van der Waals surface area contributed by atoms with Crippen LogP contribution in [0.3, 0.4) is 0 Å². The molecule has 0 aliphatic heterocycles. The molecule has 0 heterocycles. The summed E-state index contributed by atoms with van der Waals surface area (Å²) < 4.78 is 13.4. The topological polar surface area (TPSA) is 40.5 Å². The molecule has 0 spiro atoms. The highest BCUT2D eigenvalue weighted by Crippen LogP contribution is 2.25. The van der Waals surface area contributed by atoms with Crippen molar-refractivity contribution in [1.82, 2.24) is 0 Å². The largest absolute Gasteiger partial charge is 0.388 e. The van der Waals surface area contributed by atoms with E-state index in [2.05, 4.69) is 6.92 Å². The Morgan fingerprint density at radius 2 is 2.07 bits per heavy atom. The molecule has 0 aliphatic carbocycles. The van der Waals surface area contributed by atoms with Crippen LogP contribution in [0.15, 0.2) is 18.2 Å². The Hall–Kier alpha value is -0.640. The van der Waals surface area contributed by atoms with Crippen molar-refractivity contribution in [2.75, 3.05) is 0 Å². The average Bonchev–Trinajstić information content (AvgIpc) is 2.16. The molecule has 1 unspecified atom stereocenters. The summed E-state index contributed by atoms with van der Waals surface area (Å²) in [5.41, 5.74) is -0.400. The van der Waals surface area contributed by atoms with E-state index in [0.717, 1.165) is 0 Å². The first-order valence-corrected chi connectivity index (χ1v) is 5.06. The first-order chi connectivity index (χ1) is 7.06. The van der Waals surface area contributed by atoms with Gasteiger partial charge in [-0.3, -0.25) is 0 Å². The summed E-state index contributed by atoms with van der Waals surface area (Å²) >= 11 is 5.42. The van der Waals surface area contributed by atoms with Gasteiger partial charge in [0, 0.05) is 12.0 Å². The normalized spacial score (nSPS) is 15.0.